The molecule has 4 rings (SSSR count). The molecule has 1 saturated carbocycles. The number of rotatable bonds is 6. The quantitative estimate of drug-likeness (QED) is 0.467. The molecule has 1 heterocycles. The van der Waals surface area contributed by atoms with Crippen LogP contribution in [0.3, 0.4) is 0 Å². The van der Waals surface area contributed by atoms with Gasteiger partial charge in [-0.2, -0.15) is 0 Å². The van der Waals surface area contributed by atoms with Crippen LogP contribution in [-0.4, -0.2) is 66.4 Å². The van der Waals surface area contributed by atoms with Gasteiger partial charge in [-0.25, -0.2) is 4.79 Å². The summed E-state index contributed by atoms with van der Waals surface area (Å²) in [6, 6.07) is 0. The fraction of sp³-hybridized carbons (Fsp3) is 0.654. The maximum Gasteiger partial charge on any atom is 0.340 e. The summed E-state index contributed by atoms with van der Waals surface area (Å²) in [6.07, 6.45) is 7.58. The molecular formula is C26H35NO6. The summed E-state index contributed by atoms with van der Waals surface area (Å²) in [4.78, 5) is 28.6. The number of carbonyl (C=O) groups excluding carboxylic acids is 2. The first-order valence-electron chi connectivity index (χ1n) is 11.9. The van der Waals surface area contributed by atoms with Crippen molar-refractivity contribution in [2.24, 2.45) is 16.7 Å². The number of ketones is 1. The van der Waals surface area contributed by atoms with Crippen molar-refractivity contribution in [1.82, 2.24) is 4.90 Å². The summed E-state index contributed by atoms with van der Waals surface area (Å²) in [6.45, 7) is 6.83. The highest BCUT2D eigenvalue weighted by Crippen LogP contribution is 2.62. The van der Waals surface area contributed by atoms with Gasteiger partial charge in [0.2, 0.25) is 5.78 Å². The van der Waals surface area contributed by atoms with Gasteiger partial charge in [-0.15, -0.1) is 0 Å². The molecule has 0 spiro atoms. The normalized spacial score (nSPS) is 37.2. The maximum absolute atomic E-state index is 13.6. The lowest BCUT2D eigenvalue weighted by molar-refractivity contribution is -0.156. The Kier molecular flexibility index (Phi) is 6.25. The van der Waals surface area contributed by atoms with Crippen molar-refractivity contribution >= 4 is 11.8 Å². The van der Waals surface area contributed by atoms with Crippen LogP contribution in [0.15, 0.2) is 34.3 Å². The number of allylic oxidation sites excluding steroid dienone is 1. The van der Waals surface area contributed by atoms with E-state index < -0.39 is 40.5 Å². The van der Waals surface area contributed by atoms with Gasteiger partial charge in [-0.3, -0.25) is 4.79 Å². The number of unbranched alkanes of at least 4 members (excludes halogenated alkanes) is 1. The zero-order chi connectivity index (χ0) is 24.1. The molecule has 0 bridgehead atoms. The van der Waals surface area contributed by atoms with Crippen LogP contribution in [0.5, 0.6) is 0 Å². The SMILES string of the molecule is CCCCN(C)/C=C1/C(=O)O[C@H](COC)[C@]2(C)C3=C(C(=O)C(O)=C12)C1CC[C@H](O)[C@@]1(C)C[C]3. The summed E-state index contributed by atoms with van der Waals surface area (Å²) >= 11 is 0. The van der Waals surface area contributed by atoms with Crippen LogP contribution in [0.4, 0.5) is 0 Å². The summed E-state index contributed by atoms with van der Waals surface area (Å²) in [5, 5.41) is 22.0. The second-order valence-electron chi connectivity index (χ2n) is 10.3. The molecule has 3 aliphatic carbocycles. The summed E-state index contributed by atoms with van der Waals surface area (Å²) < 4.78 is 11.3. The van der Waals surface area contributed by atoms with Crippen LogP contribution in [0.2, 0.25) is 0 Å². The topological polar surface area (TPSA) is 96.3 Å². The highest BCUT2D eigenvalue weighted by Gasteiger charge is 2.61. The Morgan fingerprint density at radius 2 is 2.03 bits per heavy atom. The van der Waals surface area contributed by atoms with Gasteiger partial charge in [-0.05, 0) is 44.1 Å². The first kappa shape index (κ1) is 24.0. The van der Waals surface area contributed by atoms with E-state index in [1.807, 2.05) is 25.8 Å². The Labute approximate surface area is 196 Å². The zero-order valence-electron chi connectivity index (χ0n) is 20.2. The second kappa shape index (κ2) is 8.58. The molecule has 7 heteroatoms. The average Bonchev–Trinajstić information content (AvgIpc) is 3.08. The lowest BCUT2D eigenvalue weighted by atomic mass is 9.54. The van der Waals surface area contributed by atoms with Crippen LogP contribution < -0.4 is 0 Å². The molecule has 5 atom stereocenters. The molecule has 2 N–H and O–H groups in total. The van der Waals surface area contributed by atoms with E-state index in [-0.39, 0.29) is 18.1 Å². The molecule has 0 aromatic carbocycles. The van der Waals surface area contributed by atoms with Crippen molar-refractivity contribution in [3.63, 3.8) is 0 Å². The Morgan fingerprint density at radius 1 is 1.30 bits per heavy atom. The number of fused-ring (bicyclic) bond motifs is 4. The van der Waals surface area contributed by atoms with Crippen LogP contribution in [0, 0.1) is 23.2 Å². The fourth-order valence-corrected chi connectivity index (χ4v) is 6.13. The first-order chi connectivity index (χ1) is 15.6. The van der Waals surface area contributed by atoms with Gasteiger partial charge in [0.25, 0.3) is 0 Å². The first-order valence-corrected chi connectivity index (χ1v) is 11.9. The minimum Gasteiger partial charge on any atom is -0.504 e. The average molecular weight is 458 g/mol. The van der Waals surface area contributed by atoms with Crippen molar-refractivity contribution in [3.8, 4) is 0 Å². The molecule has 7 nitrogen and oxygen atoms in total. The number of esters is 1. The highest BCUT2D eigenvalue weighted by molar-refractivity contribution is 6.13. The fourth-order valence-electron chi connectivity index (χ4n) is 6.13. The smallest absolute Gasteiger partial charge is 0.340 e. The van der Waals surface area contributed by atoms with E-state index in [1.54, 1.807) is 6.20 Å². The lowest BCUT2D eigenvalue weighted by Gasteiger charge is -2.51. The molecule has 2 radical (unpaired) electrons. The molecule has 2 fully saturated rings. The third kappa shape index (κ3) is 3.46. The number of aliphatic hydroxyl groups is 2. The van der Waals surface area contributed by atoms with Gasteiger partial charge in [0.05, 0.1) is 23.7 Å². The van der Waals surface area contributed by atoms with Crippen molar-refractivity contribution < 1.29 is 29.3 Å². The van der Waals surface area contributed by atoms with E-state index in [4.69, 9.17) is 9.47 Å². The van der Waals surface area contributed by atoms with Gasteiger partial charge >= 0.3 is 5.97 Å². The van der Waals surface area contributed by atoms with Crippen LogP contribution in [0.1, 0.15) is 52.9 Å². The summed E-state index contributed by atoms with van der Waals surface area (Å²) in [5.74, 6) is -1.63. The van der Waals surface area contributed by atoms with Crippen molar-refractivity contribution in [2.75, 3.05) is 27.3 Å². The Bertz CT molecular complexity index is 948. The number of hydrogen-bond acceptors (Lipinski definition) is 7. The van der Waals surface area contributed by atoms with Crippen LogP contribution in [-0.2, 0) is 19.1 Å². The van der Waals surface area contributed by atoms with E-state index in [1.165, 1.54) is 7.11 Å². The van der Waals surface area contributed by atoms with E-state index in [2.05, 4.69) is 13.3 Å². The number of hydrogen-bond donors (Lipinski definition) is 2. The van der Waals surface area contributed by atoms with Gasteiger partial charge < -0.3 is 24.6 Å². The molecular weight excluding hydrogens is 422 g/mol. The van der Waals surface area contributed by atoms with Crippen molar-refractivity contribution in [1.29, 1.82) is 0 Å². The molecule has 0 amide bonds. The van der Waals surface area contributed by atoms with Crippen LogP contribution in [0.25, 0.3) is 0 Å². The third-order valence-corrected chi connectivity index (χ3v) is 8.20. The zero-order valence-corrected chi connectivity index (χ0v) is 20.2. The highest BCUT2D eigenvalue weighted by atomic mass is 16.6. The van der Waals surface area contributed by atoms with Gasteiger partial charge in [0.15, 0.2) is 5.76 Å². The third-order valence-electron chi connectivity index (χ3n) is 8.20. The Hall–Kier alpha value is -2.12. The standard InChI is InChI=1S/C26H35NO6/c1-6-7-12-27(4)13-15-21-23(30)22(29)20-16-8-9-18(28)25(16,2)11-10-17(20)26(21,3)19(14-32-5)33-24(15)31/h13,16,18-19,28,30H,6-9,11-12,14H2,1-5H3/b15-13+/t16?,18-,19+,25-,26-/m0/s1. The van der Waals surface area contributed by atoms with Gasteiger partial charge in [-0.1, -0.05) is 20.3 Å². The largest absolute Gasteiger partial charge is 0.504 e. The van der Waals surface area contributed by atoms with E-state index in [0.717, 1.165) is 19.4 Å². The molecule has 4 aliphatic rings. The molecule has 0 aromatic heterocycles. The van der Waals surface area contributed by atoms with Crippen LogP contribution >= 0.6 is 0 Å². The number of Topliss-reactive ketones (excluding diaryl/α,β-unsaturated/α-hetero) is 1. The molecule has 1 aliphatic heterocycles. The van der Waals surface area contributed by atoms with E-state index in [9.17, 15) is 19.8 Å². The Balaban J connectivity index is 1.88. The predicted octanol–water partition coefficient (Wildman–Crippen LogP) is 3.13. The number of cyclic esters (lactones) is 1. The number of nitrogens with zero attached hydrogens (tertiary/aromatic N) is 1. The Morgan fingerprint density at radius 3 is 2.70 bits per heavy atom. The van der Waals surface area contributed by atoms with E-state index >= 15 is 0 Å². The molecule has 33 heavy (non-hydrogen) atoms. The number of methoxy groups -OCH3 is 1. The lowest BCUT2D eigenvalue weighted by Crippen LogP contribution is -2.53. The van der Waals surface area contributed by atoms with Gasteiger partial charge in [0.1, 0.15) is 6.10 Å². The van der Waals surface area contributed by atoms with Gasteiger partial charge in [0, 0.05) is 49.9 Å². The number of aliphatic hydroxyl groups excluding tert-OH is 2. The number of carbonyl (C=O) groups is 2. The monoisotopic (exact) mass is 457 g/mol. The van der Waals surface area contributed by atoms with E-state index in [0.29, 0.717) is 36.0 Å². The molecule has 180 valence electrons. The minimum atomic E-state index is -0.983. The second-order valence-corrected chi connectivity index (χ2v) is 10.3. The predicted molar refractivity (Wildman–Crippen MR) is 122 cm³/mol. The van der Waals surface area contributed by atoms with Crippen molar-refractivity contribution in [2.45, 2.75) is 65.1 Å². The minimum absolute atomic E-state index is 0.120. The molecule has 1 unspecified atom stereocenters. The number of ether oxygens (including phenoxy) is 2. The maximum atomic E-state index is 13.6. The summed E-state index contributed by atoms with van der Waals surface area (Å²) in [7, 11) is 3.40. The van der Waals surface area contributed by atoms with Crippen molar-refractivity contribution in [3.05, 3.63) is 40.7 Å². The molecule has 0 aromatic rings. The molecule has 1 saturated heterocycles. The summed E-state index contributed by atoms with van der Waals surface area (Å²) in [5.41, 5.74) is 0.188.